The summed E-state index contributed by atoms with van der Waals surface area (Å²) in [6.07, 6.45) is 0. The van der Waals surface area contributed by atoms with E-state index < -0.39 is 54.4 Å². The zero-order valence-electron chi connectivity index (χ0n) is 36.2. The lowest BCUT2D eigenvalue weighted by molar-refractivity contribution is 1.07. The third-order valence-electron chi connectivity index (χ3n) is 8.29. The highest BCUT2D eigenvalue weighted by Gasteiger charge is 2.13. The third-order valence-corrected chi connectivity index (χ3v) is 8.29. The van der Waals surface area contributed by atoms with Crippen LogP contribution in [0.5, 0.6) is 0 Å². The van der Waals surface area contributed by atoms with Gasteiger partial charge in [0.25, 0.3) is 0 Å². The number of fused-ring (bicyclic) bond motifs is 6. The molecule has 0 saturated carbocycles. The Morgan fingerprint density at radius 2 is 0.625 bits per heavy atom. The molecule has 0 saturated heterocycles. The summed E-state index contributed by atoms with van der Waals surface area (Å²) in [6.45, 7) is 0. The fourth-order valence-corrected chi connectivity index (χ4v) is 5.88. The molecule has 0 aliphatic carbocycles. The minimum Gasteiger partial charge on any atom is -0.208 e. The predicted molar refractivity (Wildman–Crippen MR) is 200 cm³/mol. The molecular weight excluding hydrogens is 583 g/mol. The molecule has 9 rings (SSSR count). The minimum atomic E-state index is -0.606. The SMILES string of the molecule is [2H]c1c([2H])c([2H])c2c(c1[2H])c1c([2H])c([2H])c([2H])c([2H])c1c1c([2H])c(-c3ccc(-c4ccc(-c5nc(-c6ccccc6)nc(-c6ccccc6)n5)cc4)cc3)c([2H])c([2H])c21. The summed E-state index contributed by atoms with van der Waals surface area (Å²) in [4.78, 5) is 14.4. The maximum absolute atomic E-state index is 9.48. The maximum atomic E-state index is 9.48. The van der Waals surface area contributed by atoms with Gasteiger partial charge in [0, 0.05) is 16.7 Å². The first-order chi connectivity index (χ1) is 28.4. The van der Waals surface area contributed by atoms with Crippen molar-refractivity contribution in [1.29, 1.82) is 0 Å². The van der Waals surface area contributed by atoms with Gasteiger partial charge in [0.2, 0.25) is 0 Å². The molecule has 224 valence electrons. The van der Waals surface area contributed by atoms with Crippen LogP contribution in [0.2, 0.25) is 0 Å². The summed E-state index contributed by atoms with van der Waals surface area (Å²) in [5.41, 5.74) is 4.63. The van der Waals surface area contributed by atoms with E-state index in [4.69, 9.17) is 27.3 Å². The van der Waals surface area contributed by atoms with Gasteiger partial charge >= 0.3 is 0 Å². The summed E-state index contributed by atoms with van der Waals surface area (Å²) in [7, 11) is 0. The molecule has 0 aliphatic rings. The molecule has 1 aromatic heterocycles. The fraction of sp³-hybridized carbons (Fsp3) is 0. The molecule has 0 fully saturated rings. The Hall–Kier alpha value is -6.45. The number of hydrogen-bond acceptors (Lipinski definition) is 3. The van der Waals surface area contributed by atoms with E-state index >= 15 is 0 Å². The van der Waals surface area contributed by atoms with Crippen molar-refractivity contribution in [3.05, 3.63) is 176 Å². The van der Waals surface area contributed by atoms with Crippen molar-refractivity contribution in [2.75, 3.05) is 0 Å². The van der Waals surface area contributed by atoms with Gasteiger partial charge < -0.3 is 0 Å². The van der Waals surface area contributed by atoms with E-state index in [0.29, 0.717) is 23.0 Å². The lowest BCUT2D eigenvalue weighted by Crippen LogP contribution is -2.00. The lowest BCUT2D eigenvalue weighted by Gasteiger charge is -2.12. The fourth-order valence-electron chi connectivity index (χ4n) is 5.88. The normalized spacial score (nSPS) is 14.5. The van der Waals surface area contributed by atoms with Gasteiger partial charge in [-0.3, -0.25) is 0 Å². The molecule has 3 nitrogen and oxygen atoms in total. The molecule has 1 heterocycles. The number of rotatable bonds is 5. The van der Waals surface area contributed by atoms with Crippen molar-refractivity contribution >= 4 is 32.3 Å². The third kappa shape index (κ3) is 4.99. The van der Waals surface area contributed by atoms with E-state index in [-0.39, 0.29) is 50.0 Å². The standard InChI is InChI=1S/C45H29N3/c1-3-11-33(12-4-1)43-46-44(34-13-5-2-6-14-34)48-45(47-43)35-25-23-31(24-26-35)30-19-21-32(22-20-30)36-27-28-41-39-17-8-7-15-37(39)38-16-9-10-18-40(38)42(41)29-36/h1-29H/i7D,8D,9D,10D,15D,16D,17D,18D,27D,28D,29D. The van der Waals surface area contributed by atoms with Gasteiger partial charge in [-0.1, -0.05) is 170 Å². The molecule has 48 heavy (non-hydrogen) atoms. The zero-order valence-corrected chi connectivity index (χ0v) is 25.2. The second kappa shape index (κ2) is 11.7. The van der Waals surface area contributed by atoms with Crippen LogP contribution in [0.15, 0.2) is 176 Å². The van der Waals surface area contributed by atoms with Crippen LogP contribution in [0.25, 0.3) is 88.7 Å². The highest BCUT2D eigenvalue weighted by atomic mass is 15.0. The van der Waals surface area contributed by atoms with Crippen LogP contribution in [-0.4, -0.2) is 15.0 Å². The number of aromatic nitrogens is 3. The predicted octanol–water partition coefficient (Wildman–Crippen LogP) is 11.7. The quantitative estimate of drug-likeness (QED) is 0.179. The summed E-state index contributed by atoms with van der Waals surface area (Å²) in [5.74, 6) is 1.60. The van der Waals surface area contributed by atoms with Gasteiger partial charge in [0.05, 0.1) is 15.1 Å². The minimum absolute atomic E-state index is 0.0385. The summed E-state index contributed by atoms with van der Waals surface area (Å²) in [6, 6.07) is 28.6. The topological polar surface area (TPSA) is 38.7 Å². The Kier molecular flexibility index (Phi) is 4.55. The van der Waals surface area contributed by atoms with Gasteiger partial charge in [-0.15, -0.1) is 0 Å². The number of nitrogens with zero attached hydrogens (tertiary/aromatic N) is 3. The van der Waals surface area contributed by atoms with Gasteiger partial charge in [0.15, 0.2) is 17.5 Å². The zero-order chi connectivity index (χ0) is 41.4. The average Bonchev–Trinajstić information content (AvgIpc) is 3.27. The largest absolute Gasteiger partial charge is 0.208 e. The Morgan fingerprint density at radius 3 is 1.06 bits per heavy atom. The Morgan fingerprint density at radius 1 is 0.292 bits per heavy atom. The average molecular weight is 623 g/mol. The van der Waals surface area contributed by atoms with Gasteiger partial charge in [-0.25, -0.2) is 15.0 Å². The lowest BCUT2D eigenvalue weighted by atomic mass is 9.92. The number of benzene rings is 8. The van der Waals surface area contributed by atoms with E-state index in [9.17, 15) is 2.74 Å². The smallest absolute Gasteiger partial charge is 0.164 e. The molecule has 0 amide bonds. The monoisotopic (exact) mass is 622 g/mol. The molecule has 0 unspecified atom stereocenters. The Balaban J connectivity index is 1.17. The van der Waals surface area contributed by atoms with Gasteiger partial charge in [0.1, 0.15) is 0 Å². The van der Waals surface area contributed by atoms with E-state index in [0.717, 1.165) is 27.8 Å². The second-order valence-corrected chi connectivity index (χ2v) is 11.2. The highest BCUT2D eigenvalue weighted by Crippen LogP contribution is 2.37. The van der Waals surface area contributed by atoms with Crippen LogP contribution in [0.1, 0.15) is 15.1 Å². The van der Waals surface area contributed by atoms with Crippen molar-refractivity contribution < 1.29 is 15.1 Å². The number of hydrogen-bond donors (Lipinski definition) is 0. The first-order valence-electron chi connectivity index (χ1n) is 20.8. The molecule has 0 N–H and O–H groups in total. The molecular formula is C45H29N3. The molecule has 0 atom stereocenters. The molecule has 0 aliphatic heterocycles. The molecule has 8 aromatic carbocycles. The first-order valence-corrected chi connectivity index (χ1v) is 15.3. The summed E-state index contributed by atoms with van der Waals surface area (Å²) < 4.78 is 96.7. The van der Waals surface area contributed by atoms with Gasteiger partial charge in [-0.2, -0.15) is 0 Å². The molecule has 0 spiro atoms. The van der Waals surface area contributed by atoms with E-state index in [1.165, 1.54) is 0 Å². The van der Waals surface area contributed by atoms with E-state index in [1.807, 2.05) is 97.1 Å². The summed E-state index contributed by atoms with van der Waals surface area (Å²) >= 11 is 0. The maximum Gasteiger partial charge on any atom is 0.164 e. The van der Waals surface area contributed by atoms with Crippen LogP contribution in [0.3, 0.4) is 0 Å². The molecule has 0 radical (unpaired) electrons. The van der Waals surface area contributed by atoms with Crippen LogP contribution < -0.4 is 0 Å². The first kappa shape index (κ1) is 18.6. The van der Waals surface area contributed by atoms with Crippen molar-refractivity contribution in [2.24, 2.45) is 0 Å². The van der Waals surface area contributed by atoms with Crippen LogP contribution >= 0.6 is 0 Å². The van der Waals surface area contributed by atoms with Gasteiger partial charge in [-0.05, 0) is 60.6 Å². The van der Waals surface area contributed by atoms with E-state index in [2.05, 4.69) is 0 Å². The van der Waals surface area contributed by atoms with E-state index in [1.54, 1.807) is 12.1 Å². The Bertz CT molecular complexity index is 3100. The Labute approximate surface area is 294 Å². The summed E-state index contributed by atoms with van der Waals surface area (Å²) in [5, 5.41) is -0.930. The van der Waals surface area contributed by atoms with Crippen LogP contribution in [-0.2, 0) is 0 Å². The second-order valence-electron chi connectivity index (χ2n) is 11.2. The van der Waals surface area contributed by atoms with Crippen molar-refractivity contribution in [1.82, 2.24) is 15.0 Å². The van der Waals surface area contributed by atoms with Crippen LogP contribution in [0, 0.1) is 0 Å². The highest BCUT2D eigenvalue weighted by molar-refractivity contribution is 6.25. The van der Waals surface area contributed by atoms with Crippen LogP contribution in [0.4, 0.5) is 0 Å². The molecule has 0 bridgehead atoms. The molecule has 3 heteroatoms. The van der Waals surface area contributed by atoms with Crippen molar-refractivity contribution in [3.63, 3.8) is 0 Å². The van der Waals surface area contributed by atoms with Crippen molar-refractivity contribution in [2.45, 2.75) is 0 Å². The van der Waals surface area contributed by atoms with Crippen molar-refractivity contribution in [3.8, 4) is 56.4 Å². The molecule has 9 aromatic rings.